The number of aromatic nitrogens is 3. The minimum atomic E-state index is -3.42. The monoisotopic (exact) mass is 791 g/mol. The molecular weight excluding hydrogens is 743 g/mol. The van der Waals surface area contributed by atoms with E-state index in [0.29, 0.717) is 39.8 Å². The molecule has 10 nitrogen and oxygen atoms in total. The van der Waals surface area contributed by atoms with Crippen molar-refractivity contribution in [3.8, 4) is 10.8 Å². The summed E-state index contributed by atoms with van der Waals surface area (Å²) in [7, 11) is -3.42. The predicted octanol–water partition coefficient (Wildman–Crippen LogP) is 7.27. The highest BCUT2D eigenvalue weighted by molar-refractivity contribution is 7.22. The third kappa shape index (κ3) is 7.04. The molecule has 1 atom stereocenters. The first-order valence-corrected chi connectivity index (χ1v) is 21.8. The number of carbonyl (C=O) groups excluding carboxylic acids is 1. The maximum atomic E-state index is 15.2. The summed E-state index contributed by atoms with van der Waals surface area (Å²) in [6.45, 7) is 14.5. The summed E-state index contributed by atoms with van der Waals surface area (Å²) in [5, 5.41) is 1.58. The van der Waals surface area contributed by atoms with E-state index < -0.39 is 42.2 Å². The van der Waals surface area contributed by atoms with Gasteiger partial charge in [-0.2, -0.15) is 0 Å². The Bertz CT molecular complexity index is 2400. The first kappa shape index (κ1) is 39.4. The summed E-state index contributed by atoms with van der Waals surface area (Å²) >= 11 is 1.27. The number of ether oxygens (including phenoxy) is 2. The van der Waals surface area contributed by atoms with E-state index >= 15 is 9.59 Å². The van der Waals surface area contributed by atoms with Gasteiger partial charge in [-0.25, -0.2) is 14.3 Å². The Balaban J connectivity index is 1.43. The molecule has 0 spiro atoms. The Morgan fingerprint density at radius 3 is 2.09 bits per heavy atom. The van der Waals surface area contributed by atoms with E-state index in [-0.39, 0.29) is 12.6 Å². The largest absolute Gasteiger partial charge is 0.508 e. The summed E-state index contributed by atoms with van der Waals surface area (Å²) < 4.78 is 27.8. The summed E-state index contributed by atoms with van der Waals surface area (Å²) in [5.41, 5.74) is -0.415. The van der Waals surface area contributed by atoms with Crippen LogP contribution in [0.4, 0.5) is 0 Å². The van der Waals surface area contributed by atoms with Crippen LogP contribution in [0, 0.1) is 13.8 Å². The molecular formula is C44H49N3O7SSi. The zero-order valence-electron chi connectivity index (χ0n) is 33.0. The predicted molar refractivity (Wildman–Crippen MR) is 222 cm³/mol. The standard InChI is InChI=1S/C44H49N3O7SSi/c1-29-16-14-15-21-34(29)35(53-31-22-25-51-26-23-31)28-46-40-36(30(2)37(55-40)38-45-24-27-52-38)39(48)47(42(46)50)44(6,7)41(49)54-56(43(3,4)5,32-17-10-8-11-18-32)33-19-12-9-13-20-33/h8-21,24,27,31,35H,22-23,25-26,28H2,1-7H3. The highest BCUT2D eigenvalue weighted by Gasteiger charge is 2.55. The summed E-state index contributed by atoms with van der Waals surface area (Å²) in [6, 6.07) is 27.6. The van der Waals surface area contributed by atoms with Gasteiger partial charge >= 0.3 is 20.0 Å². The topological polar surface area (TPSA) is 115 Å². The minimum absolute atomic E-state index is 0.0859. The van der Waals surface area contributed by atoms with Gasteiger partial charge < -0.3 is 18.3 Å². The van der Waals surface area contributed by atoms with Gasteiger partial charge in [-0.15, -0.1) is 11.3 Å². The molecule has 1 aliphatic rings. The van der Waals surface area contributed by atoms with Gasteiger partial charge in [0.05, 0.1) is 29.1 Å². The second-order valence-corrected chi connectivity index (χ2v) is 21.2. The minimum Gasteiger partial charge on any atom is -0.508 e. The van der Waals surface area contributed by atoms with Crippen LogP contribution in [0.3, 0.4) is 0 Å². The molecule has 0 N–H and O–H groups in total. The SMILES string of the molecule is Cc1ccccc1C(Cn1c(=O)n(C(C)(C)C(=O)O[Si](c2ccccc2)(c2ccccc2)C(C)(C)C)c(=O)c2c(C)c(-c3ncco3)sc21)OC1CCOCC1. The van der Waals surface area contributed by atoms with Crippen LogP contribution in [0.5, 0.6) is 0 Å². The van der Waals surface area contributed by atoms with Crippen LogP contribution in [0.1, 0.15) is 70.3 Å². The van der Waals surface area contributed by atoms with E-state index in [4.69, 9.17) is 18.3 Å². The molecule has 1 aliphatic heterocycles. The molecule has 0 bridgehead atoms. The van der Waals surface area contributed by atoms with Crippen LogP contribution in [0.15, 0.2) is 111 Å². The van der Waals surface area contributed by atoms with E-state index in [1.54, 1.807) is 24.6 Å². The average Bonchev–Trinajstić information content (AvgIpc) is 3.84. The Kier molecular flexibility index (Phi) is 10.9. The second kappa shape index (κ2) is 15.6. The van der Waals surface area contributed by atoms with Crippen molar-refractivity contribution in [1.29, 1.82) is 0 Å². The molecule has 1 fully saturated rings. The molecule has 12 heteroatoms. The quantitative estimate of drug-likeness (QED) is 0.126. The first-order valence-electron chi connectivity index (χ1n) is 19.1. The van der Waals surface area contributed by atoms with Crippen LogP contribution < -0.4 is 21.6 Å². The van der Waals surface area contributed by atoms with E-state index in [1.165, 1.54) is 17.6 Å². The number of thiophene rings is 1. The van der Waals surface area contributed by atoms with Crippen molar-refractivity contribution in [2.75, 3.05) is 13.2 Å². The van der Waals surface area contributed by atoms with Crippen molar-refractivity contribution in [1.82, 2.24) is 14.1 Å². The third-order valence-corrected chi connectivity index (χ3v) is 17.2. The van der Waals surface area contributed by atoms with Gasteiger partial charge in [-0.1, -0.05) is 106 Å². The normalized spacial score (nSPS) is 14.9. The zero-order chi connectivity index (χ0) is 39.8. The van der Waals surface area contributed by atoms with E-state index in [0.717, 1.165) is 38.9 Å². The van der Waals surface area contributed by atoms with Crippen LogP contribution in [-0.4, -0.2) is 47.7 Å². The van der Waals surface area contributed by atoms with Gasteiger partial charge in [-0.05, 0) is 72.6 Å². The molecule has 1 saturated heterocycles. The van der Waals surface area contributed by atoms with Crippen LogP contribution in [-0.2, 0) is 30.8 Å². The lowest BCUT2D eigenvalue weighted by Crippen LogP contribution is -2.69. The second-order valence-electron chi connectivity index (χ2n) is 16.0. The lowest BCUT2D eigenvalue weighted by molar-refractivity contribution is -0.144. The fraction of sp³-hybridized carbons (Fsp3) is 0.364. The summed E-state index contributed by atoms with van der Waals surface area (Å²) in [6.07, 6.45) is 3.83. The lowest BCUT2D eigenvalue weighted by Gasteiger charge is -2.43. The zero-order valence-corrected chi connectivity index (χ0v) is 34.9. The Morgan fingerprint density at radius 2 is 1.52 bits per heavy atom. The van der Waals surface area contributed by atoms with Gasteiger partial charge in [0, 0.05) is 13.2 Å². The highest BCUT2D eigenvalue weighted by Crippen LogP contribution is 2.39. The van der Waals surface area contributed by atoms with E-state index in [2.05, 4.69) is 25.8 Å². The number of oxazole rings is 1. The first-order chi connectivity index (χ1) is 26.8. The number of nitrogens with zero attached hydrogens (tertiary/aromatic N) is 3. The van der Waals surface area contributed by atoms with Gasteiger partial charge in [0.2, 0.25) is 5.89 Å². The molecule has 0 amide bonds. The number of hydrogen-bond acceptors (Lipinski definition) is 9. The molecule has 56 heavy (non-hydrogen) atoms. The number of rotatable bonds is 11. The van der Waals surface area contributed by atoms with Gasteiger partial charge in [-0.3, -0.25) is 14.2 Å². The third-order valence-electron chi connectivity index (χ3n) is 11.0. The number of hydrogen-bond donors (Lipinski definition) is 0. The molecule has 1 unspecified atom stereocenters. The number of fused-ring (bicyclic) bond motifs is 1. The summed E-state index contributed by atoms with van der Waals surface area (Å²) in [5.74, 6) is -0.334. The van der Waals surface area contributed by atoms with Gasteiger partial charge in [0.25, 0.3) is 5.56 Å². The summed E-state index contributed by atoms with van der Waals surface area (Å²) in [4.78, 5) is 50.7. The molecule has 0 aliphatic carbocycles. The molecule has 7 rings (SSSR count). The number of carbonyl (C=O) groups is 1. The number of aryl methyl sites for hydroxylation is 2. The van der Waals surface area contributed by atoms with Crippen molar-refractivity contribution in [3.63, 3.8) is 0 Å². The average molecular weight is 792 g/mol. The van der Waals surface area contributed by atoms with Crippen LogP contribution in [0.2, 0.25) is 5.04 Å². The maximum absolute atomic E-state index is 15.2. The maximum Gasteiger partial charge on any atom is 0.333 e. The van der Waals surface area contributed by atoms with Crippen molar-refractivity contribution in [2.24, 2.45) is 0 Å². The smallest absolute Gasteiger partial charge is 0.333 e. The van der Waals surface area contributed by atoms with Crippen molar-refractivity contribution in [2.45, 2.75) is 90.6 Å². The Morgan fingerprint density at radius 1 is 0.911 bits per heavy atom. The van der Waals surface area contributed by atoms with E-state index in [1.807, 2.05) is 98.8 Å². The van der Waals surface area contributed by atoms with Crippen LogP contribution >= 0.6 is 11.3 Å². The Labute approximate surface area is 331 Å². The van der Waals surface area contributed by atoms with Gasteiger partial charge in [0.1, 0.15) is 22.7 Å². The Hall–Kier alpha value is -4.88. The van der Waals surface area contributed by atoms with Crippen molar-refractivity contribution in [3.05, 3.63) is 135 Å². The number of benzene rings is 3. The molecule has 4 heterocycles. The molecule has 0 radical (unpaired) electrons. The molecule has 0 saturated carbocycles. The highest BCUT2D eigenvalue weighted by atomic mass is 32.1. The van der Waals surface area contributed by atoms with Crippen molar-refractivity contribution >= 4 is 46.2 Å². The lowest BCUT2D eigenvalue weighted by atomic mass is 10.0. The molecule has 3 aromatic heterocycles. The molecule has 3 aromatic carbocycles. The van der Waals surface area contributed by atoms with Gasteiger partial charge in [0.15, 0.2) is 0 Å². The molecule has 292 valence electrons. The van der Waals surface area contributed by atoms with Crippen LogP contribution in [0.25, 0.3) is 21.0 Å². The van der Waals surface area contributed by atoms with Crippen molar-refractivity contribution < 1.29 is 23.1 Å². The molecule has 6 aromatic rings. The fourth-order valence-electron chi connectivity index (χ4n) is 7.92. The fourth-order valence-corrected chi connectivity index (χ4v) is 13.6. The van der Waals surface area contributed by atoms with E-state index in [9.17, 15) is 4.79 Å².